The molecule has 0 unspecified atom stereocenters. The Balaban J connectivity index is 1.48. The molecule has 0 saturated carbocycles. The molecule has 3 aliphatic rings. The van der Waals surface area contributed by atoms with Crippen LogP contribution in [0, 0.1) is 10.1 Å². The first-order valence-corrected chi connectivity index (χ1v) is 13.1. The molecular formula is C28H18ClN3O5S. The number of nitro groups is 1. The van der Waals surface area contributed by atoms with Gasteiger partial charge in [-0.1, -0.05) is 59.3 Å². The molecule has 7 rings (SSSR count). The third-order valence-corrected chi connectivity index (χ3v) is 8.30. The Bertz CT molecular complexity index is 1870. The molecule has 0 radical (unpaired) electrons. The third-order valence-electron chi connectivity index (χ3n) is 7.06. The van der Waals surface area contributed by atoms with Crippen LogP contribution in [0.3, 0.4) is 0 Å². The molecule has 188 valence electrons. The molecule has 1 aliphatic carbocycles. The minimum absolute atomic E-state index is 0.00769. The number of nitro benzene ring substituents is 1. The molecule has 0 spiro atoms. The summed E-state index contributed by atoms with van der Waals surface area (Å²) in [6.07, 6.45) is 3.16. The first kappa shape index (κ1) is 22.9. The van der Waals surface area contributed by atoms with E-state index >= 15 is 0 Å². The Morgan fingerprint density at radius 1 is 1.08 bits per heavy atom. The molecule has 0 N–H and O–H groups in total. The van der Waals surface area contributed by atoms with E-state index in [4.69, 9.17) is 26.1 Å². The molecule has 1 atom stereocenters. The Hall–Kier alpha value is -4.21. The highest BCUT2D eigenvalue weighted by molar-refractivity contribution is 7.07. The maximum Gasteiger partial charge on any atom is 0.280 e. The predicted molar refractivity (Wildman–Crippen MR) is 143 cm³/mol. The van der Waals surface area contributed by atoms with Gasteiger partial charge in [0.15, 0.2) is 16.3 Å². The van der Waals surface area contributed by atoms with Crippen LogP contribution in [-0.4, -0.2) is 16.3 Å². The van der Waals surface area contributed by atoms with Gasteiger partial charge in [0.05, 0.1) is 32.8 Å². The van der Waals surface area contributed by atoms with Crippen LogP contribution in [0.5, 0.6) is 11.5 Å². The Morgan fingerprint density at radius 3 is 2.63 bits per heavy atom. The molecule has 1 aromatic heterocycles. The van der Waals surface area contributed by atoms with Crippen molar-refractivity contribution in [2.24, 2.45) is 4.99 Å². The van der Waals surface area contributed by atoms with E-state index in [1.54, 1.807) is 10.6 Å². The lowest BCUT2D eigenvalue weighted by Crippen LogP contribution is -2.38. The van der Waals surface area contributed by atoms with Crippen LogP contribution in [0.15, 0.2) is 76.0 Å². The number of benzene rings is 3. The maximum atomic E-state index is 13.9. The largest absolute Gasteiger partial charge is 0.454 e. The Labute approximate surface area is 224 Å². The van der Waals surface area contributed by atoms with Gasteiger partial charge >= 0.3 is 0 Å². The molecule has 0 fully saturated rings. The summed E-state index contributed by atoms with van der Waals surface area (Å²) in [7, 11) is 0. The van der Waals surface area contributed by atoms with Gasteiger partial charge in [-0.25, -0.2) is 4.99 Å². The average Bonchev–Trinajstić information content (AvgIpc) is 3.51. The Kier molecular flexibility index (Phi) is 5.24. The predicted octanol–water partition coefficient (Wildman–Crippen LogP) is 4.61. The van der Waals surface area contributed by atoms with Crippen molar-refractivity contribution < 1.29 is 14.4 Å². The SMILES string of the molecule is O=c1/c(=C\c2cc3c(cc2[N+](=O)[O-])OCO3)sc2n1[C@H](c1ccc(Cl)cc1)C1=C(N=2)c2ccccc2CC1. The minimum atomic E-state index is -0.489. The molecule has 38 heavy (non-hydrogen) atoms. The number of thiazole rings is 1. The van der Waals surface area contributed by atoms with Gasteiger partial charge in [0.1, 0.15) is 0 Å². The summed E-state index contributed by atoms with van der Waals surface area (Å²) < 4.78 is 12.8. The van der Waals surface area contributed by atoms with Crippen LogP contribution in [0.25, 0.3) is 11.8 Å². The van der Waals surface area contributed by atoms with Crippen LogP contribution in [0.4, 0.5) is 5.69 Å². The summed E-state index contributed by atoms with van der Waals surface area (Å²) in [5.41, 5.74) is 5.01. The molecule has 10 heteroatoms. The number of rotatable bonds is 3. The van der Waals surface area contributed by atoms with E-state index in [9.17, 15) is 14.9 Å². The second kappa shape index (κ2) is 8.68. The highest BCUT2D eigenvalue weighted by Crippen LogP contribution is 2.41. The lowest BCUT2D eigenvalue weighted by Gasteiger charge is -2.30. The number of nitrogens with zero attached hydrogens (tertiary/aromatic N) is 3. The standard InChI is InChI=1S/C28H18ClN3O5S/c29-18-8-5-16(6-9-18)26-20-10-7-15-3-1-2-4-19(15)25(20)30-28-31(26)27(33)24(38-28)12-17-11-22-23(37-14-36-22)13-21(17)32(34)35/h1-6,8-9,11-13,26H,7,10,14H2/b24-12+/t26-/m1/s1. The smallest absolute Gasteiger partial charge is 0.280 e. The van der Waals surface area contributed by atoms with Gasteiger partial charge in [-0.3, -0.25) is 19.5 Å². The number of hydrogen-bond donors (Lipinski definition) is 0. The number of aromatic nitrogens is 1. The maximum absolute atomic E-state index is 13.9. The first-order valence-electron chi connectivity index (χ1n) is 11.9. The van der Waals surface area contributed by atoms with Gasteiger partial charge in [-0.05, 0) is 53.8 Å². The molecule has 0 saturated heterocycles. The molecular weight excluding hydrogens is 526 g/mol. The fourth-order valence-electron chi connectivity index (χ4n) is 5.33. The number of allylic oxidation sites excluding steroid dienone is 1. The summed E-state index contributed by atoms with van der Waals surface area (Å²) in [5, 5.41) is 12.4. The highest BCUT2D eigenvalue weighted by Gasteiger charge is 2.32. The number of aryl methyl sites for hydroxylation is 1. The van der Waals surface area contributed by atoms with Gasteiger partial charge in [0.2, 0.25) is 6.79 Å². The van der Waals surface area contributed by atoms with Gasteiger partial charge in [-0.2, -0.15) is 0 Å². The quantitative estimate of drug-likeness (QED) is 0.278. The van der Waals surface area contributed by atoms with E-state index in [2.05, 4.69) is 12.1 Å². The summed E-state index contributed by atoms with van der Waals surface area (Å²) >= 11 is 7.40. The fourth-order valence-corrected chi connectivity index (χ4v) is 6.45. The molecule has 2 aliphatic heterocycles. The Morgan fingerprint density at radius 2 is 1.84 bits per heavy atom. The van der Waals surface area contributed by atoms with Crippen molar-refractivity contribution in [3.8, 4) is 11.5 Å². The van der Waals surface area contributed by atoms with Crippen molar-refractivity contribution in [3.05, 3.63) is 123 Å². The lowest BCUT2D eigenvalue weighted by atomic mass is 9.83. The van der Waals surface area contributed by atoms with Crippen LogP contribution < -0.4 is 24.4 Å². The van der Waals surface area contributed by atoms with Gasteiger partial charge < -0.3 is 9.47 Å². The zero-order chi connectivity index (χ0) is 26.0. The minimum Gasteiger partial charge on any atom is -0.454 e. The third kappa shape index (κ3) is 3.58. The van der Waals surface area contributed by atoms with Crippen LogP contribution in [-0.2, 0) is 6.42 Å². The summed E-state index contributed by atoms with van der Waals surface area (Å²) in [6, 6.07) is 18.2. The average molecular weight is 544 g/mol. The lowest BCUT2D eigenvalue weighted by molar-refractivity contribution is -0.385. The van der Waals surface area contributed by atoms with E-state index in [0.717, 1.165) is 35.2 Å². The monoisotopic (exact) mass is 543 g/mol. The fraction of sp³-hybridized carbons (Fsp3) is 0.143. The molecule has 4 aromatic rings. The van der Waals surface area contributed by atoms with Crippen molar-refractivity contribution in [1.82, 2.24) is 4.57 Å². The number of ether oxygens (including phenoxy) is 2. The highest BCUT2D eigenvalue weighted by atomic mass is 35.5. The summed E-state index contributed by atoms with van der Waals surface area (Å²) in [5.74, 6) is 0.713. The van der Waals surface area contributed by atoms with Crippen LogP contribution in [0.1, 0.15) is 34.7 Å². The second-order valence-corrected chi connectivity index (χ2v) is 10.6. The molecule has 3 heterocycles. The summed E-state index contributed by atoms with van der Waals surface area (Å²) in [4.78, 5) is 30.8. The molecule has 0 bridgehead atoms. The molecule has 0 amide bonds. The van der Waals surface area contributed by atoms with Crippen LogP contribution >= 0.6 is 22.9 Å². The number of fused-ring (bicyclic) bond motifs is 4. The van der Waals surface area contributed by atoms with Crippen molar-refractivity contribution in [3.63, 3.8) is 0 Å². The van der Waals surface area contributed by atoms with E-state index in [1.807, 2.05) is 36.4 Å². The van der Waals surface area contributed by atoms with Gasteiger partial charge in [-0.15, -0.1) is 0 Å². The van der Waals surface area contributed by atoms with Gasteiger partial charge in [0, 0.05) is 10.6 Å². The van der Waals surface area contributed by atoms with Crippen LogP contribution in [0.2, 0.25) is 5.02 Å². The molecule has 3 aromatic carbocycles. The number of hydrogen-bond acceptors (Lipinski definition) is 7. The van der Waals surface area contributed by atoms with Crippen molar-refractivity contribution in [1.29, 1.82) is 0 Å². The van der Waals surface area contributed by atoms with E-state index in [1.165, 1.54) is 29.0 Å². The van der Waals surface area contributed by atoms with Crippen molar-refractivity contribution >= 4 is 40.4 Å². The zero-order valence-corrected chi connectivity index (χ0v) is 21.3. The second-order valence-electron chi connectivity index (χ2n) is 9.19. The topological polar surface area (TPSA) is 96.0 Å². The zero-order valence-electron chi connectivity index (χ0n) is 19.7. The van der Waals surface area contributed by atoms with E-state index in [0.29, 0.717) is 25.9 Å². The van der Waals surface area contributed by atoms with Crippen molar-refractivity contribution in [2.75, 3.05) is 6.79 Å². The molecule has 8 nitrogen and oxygen atoms in total. The van der Waals surface area contributed by atoms with Gasteiger partial charge in [0.25, 0.3) is 11.2 Å². The number of halogens is 1. The van der Waals surface area contributed by atoms with E-state index < -0.39 is 4.92 Å². The van der Waals surface area contributed by atoms with Crippen molar-refractivity contribution in [2.45, 2.75) is 18.9 Å². The van der Waals surface area contributed by atoms with E-state index in [-0.39, 0.29) is 29.6 Å². The normalized spacial score (nSPS) is 17.5. The first-order chi connectivity index (χ1) is 18.5. The summed E-state index contributed by atoms with van der Waals surface area (Å²) in [6.45, 7) is -0.00769.